The topological polar surface area (TPSA) is 39.1 Å². The minimum absolute atomic E-state index is 0.706. The maximum atomic E-state index is 5.01. The van der Waals surface area contributed by atoms with E-state index < -0.39 is 0 Å². The smallest absolute Gasteiger partial charge is 0.0726 e. The minimum atomic E-state index is 0.706. The molecule has 98 valence electrons. The number of nitrogens with one attached hydrogen (secondary N) is 1. The van der Waals surface area contributed by atoms with Crippen molar-refractivity contribution in [3.05, 3.63) is 12.4 Å². The second-order valence-electron chi connectivity index (χ2n) is 4.33. The third-order valence-electron chi connectivity index (χ3n) is 2.77. The first-order valence-corrected chi connectivity index (χ1v) is 6.62. The van der Waals surface area contributed by atoms with Gasteiger partial charge in [0.15, 0.2) is 0 Å². The molecule has 0 saturated carbocycles. The van der Waals surface area contributed by atoms with Gasteiger partial charge >= 0.3 is 0 Å². The van der Waals surface area contributed by atoms with Gasteiger partial charge in [0.2, 0.25) is 0 Å². The zero-order chi connectivity index (χ0) is 12.3. The van der Waals surface area contributed by atoms with Gasteiger partial charge in [0, 0.05) is 19.9 Å². The maximum absolute atomic E-state index is 5.01. The fourth-order valence-corrected chi connectivity index (χ4v) is 1.72. The molecule has 1 N–H and O–H groups in total. The molecule has 17 heavy (non-hydrogen) atoms. The Labute approximate surface area is 104 Å². The Bertz CT molecular complexity index is 286. The molecule has 0 fully saturated rings. The van der Waals surface area contributed by atoms with Crippen molar-refractivity contribution in [2.45, 2.75) is 45.6 Å². The zero-order valence-electron chi connectivity index (χ0n) is 11.1. The molecule has 0 spiro atoms. The van der Waals surface area contributed by atoms with Crippen LogP contribution in [0.2, 0.25) is 0 Å². The second-order valence-corrected chi connectivity index (χ2v) is 4.33. The van der Waals surface area contributed by atoms with Crippen molar-refractivity contribution in [2.75, 3.05) is 25.6 Å². The SMILES string of the molecule is CCCCCCCNc1cnn(CCOC)c1. The lowest BCUT2D eigenvalue weighted by Gasteiger charge is -2.03. The van der Waals surface area contributed by atoms with Gasteiger partial charge in [-0.25, -0.2) is 0 Å². The van der Waals surface area contributed by atoms with Crippen LogP contribution in [0.1, 0.15) is 39.0 Å². The lowest BCUT2D eigenvalue weighted by Crippen LogP contribution is -2.04. The molecule has 1 heterocycles. The van der Waals surface area contributed by atoms with Gasteiger partial charge in [-0.15, -0.1) is 0 Å². The third kappa shape index (κ3) is 6.31. The maximum Gasteiger partial charge on any atom is 0.0726 e. The van der Waals surface area contributed by atoms with E-state index in [4.69, 9.17) is 4.74 Å². The van der Waals surface area contributed by atoms with Crippen molar-refractivity contribution in [1.29, 1.82) is 0 Å². The van der Waals surface area contributed by atoms with Crippen LogP contribution in [0.25, 0.3) is 0 Å². The van der Waals surface area contributed by atoms with Gasteiger partial charge in [0.05, 0.1) is 25.0 Å². The third-order valence-corrected chi connectivity index (χ3v) is 2.77. The van der Waals surface area contributed by atoms with Crippen LogP contribution in [0.15, 0.2) is 12.4 Å². The molecule has 0 radical (unpaired) electrons. The highest BCUT2D eigenvalue weighted by Gasteiger charge is 1.97. The van der Waals surface area contributed by atoms with Gasteiger partial charge in [-0.2, -0.15) is 5.10 Å². The predicted molar refractivity (Wildman–Crippen MR) is 71.4 cm³/mol. The Balaban J connectivity index is 2.08. The van der Waals surface area contributed by atoms with Crippen molar-refractivity contribution in [3.8, 4) is 0 Å². The van der Waals surface area contributed by atoms with E-state index in [-0.39, 0.29) is 0 Å². The number of hydrogen-bond donors (Lipinski definition) is 1. The molecule has 4 nitrogen and oxygen atoms in total. The summed E-state index contributed by atoms with van der Waals surface area (Å²) in [5.74, 6) is 0. The highest BCUT2D eigenvalue weighted by atomic mass is 16.5. The van der Waals surface area contributed by atoms with Crippen LogP contribution in [0.4, 0.5) is 5.69 Å². The quantitative estimate of drug-likeness (QED) is 0.638. The largest absolute Gasteiger partial charge is 0.383 e. The summed E-state index contributed by atoms with van der Waals surface area (Å²) in [5, 5.41) is 7.65. The molecule has 0 aliphatic carbocycles. The Morgan fingerprint density at radius 1 is 1.29 bits per heavy atom. The van der Waals surface area contributed by atoms with Crippen LogP contribution in [0.5, 0.6) is 0 Å². The van der Waals surface area contributed by atoms with E-state index in [0.29, 0.717) is 6.61 Å². The molecule has 0 amide bonds. The fraction of sp³-hybridized carbons (Fsp3) is 0.769. The molecule has 0 bridgehead atoms. The molecule has 0 aromatic carbocycles. The monoisotopic (exact) mass is 239 g/mol. The number of anilines is 1. The molecule has 1 aromatic rings. The zero-order valence-corrected chi connectivity index (χ0v) is 11.1. The van der Waals surface area contributed by atoms with Gasteiger partial charge < -0.3 is 10.1 Å². The summed E-state index contributed by atoms with van der Waals surface area (Å²) in [6.45, 7) is 4.80. The summed E-state index contributed by atoms with van der Waals surface area (Å²) in [7, 11) is 1.71. The average Bonchev–Trinajstić information content (AvgIpc) is 2.79. The van der Waals surface area contributed by atoms with Crippen molar-refractivity contribution in [2.24, 2.45) is 0 Å². The van der Waals surface area contributed by atoms with Gasteiger partial charge in [0.1, 0.15) is 0 Å². The van der Waals surface area contributed by atoms with E-state index in [9.17, 15) is 0 Å². The van der Waals surface area contributed by atoms with Gasteiger partial charge in [-0.1, -0.05) is 32.6 Å². The van der Waals surface area contributed by atoms with E-state index in [0.717, 1.165) is 18.8 Å². The number of nitrogens with zero attached hydrogens (tertiary/aromatic N) is 2. The molecule has 4 heteroatoms. The van der Waals surface area contributed by atoms with Crippen molar-refractivity contribution in [1.82, 2.24) is 9.78 Å². The lowest BCUT2D eigenvalue weighted by atomic mass is 10.1. The van der Waals surface area contributed by atoms with E-state index >= 15 is 0 Å². The number of unbranched alkanes of at least 4 members (excludes halogenated alkanes) is 4. The average molecular weight is 239 g/mol. The standard InChI is InChI=1S/C13H25N3O/c1-3-4-5-6-7-8-14-13-11-15-16(12-13)9-10-17-2/h11-12,14H,3-10H2,1-2H3. The molecular weight excluding hydrogens is 214 g/mol. The van der Waals surface area contributed by atoms with Crippen molar-refractivity contribution in [3.63, 3.8) is 0 Å². The summed E-state index contributed by atoms with van der Waals surface area (Å²) in [6.07, 6.45) is 10.5. The Kier molecular flexibility index (Phi) is 7.47. The molecule has 1 rings (SSSR count). The highest BCUT2D eigenvalue weighted by molar-refractivity contribution is 5.37. The van der Waals surface area contributed by atoms with Crippen LogP contribution in [-0.4, -0.2) is 30.0 Å². The summed E-state index contributed by atoms with van der Waals surface area (Å²) in [5.41, 5.74) is 1.11. The number of hydrogen-bond acceptors (Lipinski definition) is 3. The van der Waals surface area contributed by atoms with E-state index in [1.165, 1.54) is 32.1 Å². The first kappa shape index (κ1) is 14.0. The Hall–Kier alpha value is -1.03. The van der Waals surface area contributed by atoms with Crippen molar-refractivity contribution >= 4 is 5.69 Å². The number of methoxy groups -OCH3 is 1. The summed E-state index contributed by atoms with van der Waals surface area (Å²) >= 11 is 0. The summed E-state index contributed by atoms with van der Waals surface area (Å²) in [6, 6.07) is 0. The molecule has 0 unspecified atom stereocenters. The number of rotatable bonds is 10. The molecule has 0 aliphatic rings. The first-order valence-electron chi connectivity index (χ1n) is 6.62. The fourth-order valence-electron chi connectivity index (χ4n) is 1.72. The van der Waals surface area contributed by atoms with Gasteiger partial charge in [-0.05, 0) is 6.42 Å². The predicted octanol–water partition coefficient (Wildman–Crippen LogP) is 2.91. The molecule has 1 aromatic heterocycles. The van der Waals surface area contributed by atoms with Gasteiger partial charge in [0.25, 0.3) is 0 Å². The summed E-state index contributed by atoms with van der Waals surface area (Å²) in [4.78, 5) is 0. The highest BCUT2D eigenvalue weighted by Crippen LogP contribution is 2.06. The van der Waals surface area contributed by atoms with Crippen LogP contribution in [0.3, 0.4) is 0 Å². The lowest BCUT2D eigenvalue weighted by molar-refractivity contribution is 0.183. The van der Waals surface area contributed by atoms with E-state index in [2.05, 4.69) is 17.3 Å². The first-order chi connectivity index (χ1) is 8.36. The normalized spacial score (nSPS) is 10.7. The Morgan fingerprint density at radius 3 is 2.88 bits per heavy atom. The Morgan fingerprint density at radius 2 is 2.12 bits per heavy atom. The van der Waals surface area contributed by atoms with Crippen LogP contribution in [-0.2, 0) is 11.3 Å². The molecule has 0 saturated heterocycles. The van der Waals surface area contributed by atoms with Crippen LogP contribution < -0.4 is 5.32 Å². The van der Waals surface area contributed by atoms with Crippen molar-refractivity contribution < 1.29 is 4.74 Å². The second kappa shape index (κ2) is 9.05. The van der Waals surface area contributed by atoms with Gasteiger partial charge in [-0.3, -0.25) is 4.68 Å². The minimum Gasteiger partial charge on any atom is -0.383 e. The van der Waals surface area contributed by atoms with Crippen LogP contribution in [0, 0.1) is 0 Å². The number of aromatic nitrogens is 2. The summed E-state index contributed by atoms with van der Waals surface area (Å²) < 4.78 is 6.92. The van der Waals surface area contributed by atoms with Crippen LogP contribution >= 0.6 is 0 Å². The number of ether oxygens (including phenoxy) is 1. The molecule has 0 atom stereocenters. The molecular formula is C13H25N3O. The molecule has 0 aliphatic heterocycles. The van der Waals surface area contributed by atoms with E-state index in [1.54, 1.807) is 7.11 Å². The van der Waals surface area contributed by atoms with E-state index in [1.807, 2.05) is 17.1 Å².